The number of rotatable bonds is 2. The summed E-state index contributed by atoms with van der Waals surface area (Å²) in [5.41, 5.74) is -2.05. The van der Waals surface area contributed by atoms with Crippen molar-refractivity contribution in [1.29, 1.82) is 0 Å². The van der Waals surface area contributed by atoms with Crippen LogP contribution in [0, 0.1) is 5.92 Å². The third-order valence-corrected chi connectivity index (χ3v) is 6.17. The standard InChI is InChI=1S/C15H12ClF3N4O3.C7H14/c1-7(24)8-4-9-12(16)13(14(26)22-3-2-20-11(25)6-22)21-23(9)10(5-8)15(17,18)19;1-7-5-3-2-4-6-7/h4-5H,2-3,6H2,1H3,(H,20,25);7H,2-6H2,1H3. The van der Waals surface area contributed by atoms with E-state index in [0.717, 1.165) is 23.8 Å². The van der Waals surface area contributed by atoms with E-state index in [1.165, 1.54) is 32.1 Å². The van der Waals surface area contributed by atoms with Gasteiger partial charge in [-0.15, -0.1) is 0 Å². The zero-order chi connectivity index (χ0) is 24.3. The predicted molar refractivity (Wildman–Crippen MR) is 116 cm³/mol. The van der Waals surface area contributed by atoms with Crippen LogP contribution in [-0.4, -0.2) is 51.7 Å². The first kappa shape index (κ1) is 25.0. The number of nitrogens with one attached hydrogen (secondary N) is 1. The lowest BCUT2D eigenvalue weighted by Gasteiger charge is -2.25. The van der Waals surface area contributed by atoms with Gasteiger partial charge in [-0.05, 0) is 25.0 Å². The molecule has 1 aliphatic heterocycles. The van der Waals surface area contributed by atoms with Crippen LogP contribution in [0.25, 0.3) is 5.52 Å². The highest BCUT2D eigenvalue weighted by Crippen LogP contribution is 2.34. The molecule has 1 saturated heterocycles. The van der Waals surface area contributed by atoms with Crippen molar-refractivity contribution in [3.05, 3.63) is 34.1 Å². The lowest BCUT2D eigenvalue weighted by atomic mass is 9.91. The Hall–Kier alpha value is -2.62. The van der Waals surface area contributed by atoms with Gasteiger partial charge in [0.2, 0.25) is 5.91 Å². The zero-order valence-corrected chi connectivity index (χ0v) is 19.2. The van der Waals surface area contributed by atoms with Crippen molar-refractivity contribution in [3.63, 3.8) is 0 Å². The summed E-state index contributed by atoms with van der Waals surface area (Å²) in [6.45, 7) is 3.64. The summed E-state index contributed by atoms with van der Waals surface area (Å²) in [6, 6.07) is 1.80. The highest BCUT2D eigenvalue weighted by Gasteiger charge is 2.37. The van der Waals surface area contributed by atoms with Crippen molar-refractivity contribution in [2.75, 3.05) is 19.6 Å². The molecular formula is C22H26ClF3N4O3. The first-order chi connectivity index (χ1) is 15.5. The van der Waals surface area contributed by atoms with Crippen LogP contribution in [0.2, 0.25) is 5.02 Å². The van der Waals surface area contributed by atoms with E-state index in [0.29, 0.717) is 10.6 Å². The molecule has 0 aromatic carbocycles. The summed E-state index contributed by atoms with van der Waals surface area (Å²) in [7, 11) is 0. The number of alkyl halides is 3. The SMILES string of the molecule is CC(=O)c1cc(C(F)(F)F)n2nc(C(=O)N3CCNC(=O)C3)c(Cl)c2c1.CC1CCCCC1. The van der Waals surface area contributed by atoms with Gasteiger partial charge in [0, 0.05) is 18.7 Å². The number of ketones is 1. The Kier molecular flexibility index (Phi) is 7.66. The fourth-order valence-corrected chi connectivity index (χ4v) is 4.18. The molecule has 0 atom stereocenters. The van der Waals surface area contributed by atoms with Crippen LogP contribution in [0.3, 0.4) is 0 Å². The Morgan fingerprint density at radius 1 is 1.18 bits per heavy atom. The van der Waals surface area contributed by atoms with Gasteiger partial charge in [0.15, 0.2) is 11.5 Å². The Bertz CT molecular complexity index is 1060. The van der Waals surface area contributed by atoms with Crippen LogP contribution >= 0.6 is 11.6 Å². The maximum atomic E-state index is 13.3. The number of hydrogen-bond acceptors (Lipinski definition) is 4. The van der Waals surface area contributed by atoms with Crippen LogP contribution in [0.1, 0.15) is 72.5 Å². The number of piperazine rings is 1. The molecule has 2 aliphatic rings. The maximum absolute atomic E-state index is 13.3. The highest BCUT2D eigenvalue weighted by molar-refractivity contribution is 6.37. The topological polar surface area (TPSA) is 83.8 Å². The molecule has 2 amide bonds. The molecule has 3 heterocycles. The minimum absolute atomic E-state index is 0.180. The van der Waals surface area contributed by atoms with Crippen LogP contribution in [0.5, 0.6) is 0 Å². The van der Waals surface area contributed by atoms with E-state index < -0.39 is 29.3 Å². The molecule has 2 aromatic heterocycles. The van der Waals surface area contributed by atoms with Crippen molar-refractivity contribution in [1.82, 2.24) is 19.8 Å². The Morgan fingerprint density at radius 2 is 1.85 bits per heavy atom. The molecule has 1 aliphatic carbocycles. The molecule has 0 unspecified atom stereocenters. The molecule has 7 nitrogen and oxygen atoms in total. The lowest BCUT2D eigenvalue weighted by molar-refractivity contribution is -0.142. The predicted octanol–water partition coefficient (Wildman–Crippen LogP) is 4.37. The molecule has 180 valence electrons. The van der Waals surface area contributed by atoms with Crippen molar-refractivity contribution in [3.8, 4) is 0 Å². The molecule has 1 N–H and O–H groups in total. The number of Topliss-reactive ketones (excluding diaryl/α,β-unsaturated/α-hetero) is 1. The number of pyridine rings is 1. The summed E-state index contributed by atoms with van der Waals surface area (Å²) < 4.78 is 40.5. The normalized spacial score (nSPS) is 17.4. The summed E-state index contributed by atoms with van der Waals surface area (Å²) in [5, 5.41) is 5.93. The first-order valence-corrected chi connectivity index (χ1v) is 11.2. The zero-order valence-electron chi connectivity index (χ0n) is 18.5. The third kappa shape index (κ3) is 5.85. The number of hydrogen-bond donors (Lipinski definition) is 1. The molecule has 4 rings (SSSR count). The number of halogens is 4. The number of fused-ring (bicyclic) bond motifs is 1. The van der Waals surface area contributed by atoms with E-state index in [4.69, 9.17) is 11.6 Å². The van der Waals surface area contributed by atoms with Crippen molar-refractivity contribution in [2.45, 2.75) is 52.1 Å². The van der Waals surface area contributed by atoms with Gasteiger partial charge in [0.25, 0.3) is 5.91 Å². The second-order valence-electron chi connectivity index (χ2n) is 8.46. The van der Waals surface area contributed by atoms with Gasteiger partial charge in [-0.1, -0.05) is 50.6 Å². The van der Waals surface area contributed by atoms with E-state index >= 15 is 0 Å². The fraction of sp³-hybridized carbons (Fsp3) is 0.545. The molecular weight excluding hydrogens is 461 g/mol. The minimum Gasteiger partial charge on any atom is -0.353 e. The number of nitrogens with zero attached hydrogens (tertiary/aromatic N) is 3. The molecule has 11 heteroatoms. The van der Waals surface area contributed by atoms with Crippen molar-refractivity contribution in [2.24, 2.45) is 5.92 Å². The smallest absolute Gasteiger partial charge is 0.353 e. The van der Waals surface area contributed by atoms with E-state index in [2.05, 4.69) is 17.3 Å². The minimum atomic E-state index is -4.82. The Morgan fingerprint density at radius 3 is 2.36 bits per heavy atom. The molecule has 2 fully saturated rings. The number of amides is 2. The largest absolute Gasteiger partial charge is 0.433 e. The van der Waals surface area contributed by atoms with Crippen LogP contribution in [-0.2, 0) is 11.0 Å². The van der Waals surface area contributed by atoms with E-state index in [9.17, 15) is 27.6 Å². The van der Waals surface area contributed by atoms with Gasteiger partial charge in [0.1, 0.15) is 5.69 Å². The van der Waals surface area contributed by atoms with Gasteiger partial charge in [-0.2, -0.15) is 18.3 Å². The van der Waals surface area contributed by atoms with Crippen LogP contribution in [0.15, 0.2) is 12.1 Å². The number of carbonyl (C=O) groups is 3. The monoisotopic (exact) mass is 486 g/mol. The molecule has 0 bridgehead atoms. The highest BCUT2D eigenvalue weighted by atomic mass is 35.5. The second-order valence-corrected chi connectivity index (χ2v) is 8.84. The summed E-state index contributed by atoms with van der Waals surface area (Å²) in [6.07, 6.45) is 2.62. The fourth-order valence-electron chi connectivity index (χ4n) is 3.93. The van der Waals surface area contributed by atoms with Crippen molar-refractivity contribution < 1.29 is 27.6 Å². The quantitative estimate of drug-likeness (QED) is 0.639. The van der Waals surface area contributed by atoms with Crippen LogP contribution < -0.4 is 5.32 Å². The third-order valence-electron chi connectivity index (χ3n) is 5.79. The van der Waals surface area contributed by atoms with E-state index in [1.807, 2.05) is 0 Å². The van der Waals surface area contributed by atoms with Crippen LogP contribution in [0.4, 0.5) is 13.2 Å². The average Bonchev–Trinajstić information content (AvgIpc) is 3.09. The van der Waals surface area contributed by atoms with E-state index in [-0.39, 0.29) is 41.6 Å². The molecule has 0 spiro atoms. The number of aromatic nitrogens is 2. The van der Waals surface area contributed by atoms with Gasteiger partial charge < -0.3 is 10.2 Å². The summed E-state index contributed by atoms with van der Waals surface area (Å²) >= 11 is 6.10. The number of carbonyl (C=O) groups excluding carboxylic acids is 3. The Labute approximate surface area is 194 Å². The molecule has 2 aromatic rings. The molecule has 1 saturated carbocycles. The lowest BCUT2D eigenvalue weighted by Crippen LogP contribution is -2.50. The van der Waals surface area contributed by atoms with Gasteiger partial charge in [0.05, 0.1) is 17.1 Å². The molecule has 33 heavy (non-hydrogen) atoms. The van der Waals surface area contributed by atoms with Gasteiger partial charge in [-0.25, -0.2) is 4.52 Å². The average molecular weight is 487 g/mol. The van der Waals surface area contributed by atoms with Gasteiger partial charge >= 0.3 is 6.18 Å². The molecule has 0 radical (unpaired) electrons. The van der Waals surface area contributed by atoms with E-state index in [1.54, 1.807) is 0 Å². The summed E-state index contributed by atoms with van der Waals surface area (Å²) in [5.74, 6) is -0.699. The van der Waals surface area contributed by atoms with Crippen molar-refractivity contribution >= 4 is 34.7 Å². The second kappa shape index (κ2) is 10.1. The Balaban J connectivity index is 0.000000374. The first-order valence-electron chi connectivity index (χ1n) is 10.9. The maximum Gasteiger partial charge on any atom is 0.433 e. The summed E-state index contributed by atoms with van der Waals surface area (Å²) in [4.78, 5) is 36.7. The van der Waals surface area contributed by atoms with Gasteiger partial charge in [-0.3, -0.25) is 14.4 Å².